The minimum atomic E-state index is 0.444. The second kappa shape index (κ2) is 2.61. The van der Waals surface area contributed by atoms with Crippen molar-refractivity contribution in [3.8, 4) is 0 Å². The SMILES string of the molecule is CC1C(N)CC1c1ccsc1. The maximum absolute atomic E-state index is 5.82. The zero-order chi connectivity index (χ0) is 7.84. The molecule has 3 unspecified atom stereocenters. The summed E-state index contributed by atoms with van der Waals surface area (Å²) in [5, 5.41) is 4.39. The Kier molecular flexibility index (Phi) is 1.74. The van der Waals surface area contributed by atoms with Crippen molar-refractivity contribution in [2.45, 2.75) is 25.3 Å². The van der Waals surface area contributed by atoms with E-state index in [9.17, 15) is 0 Å². The Morgan fingerprint density at radius 3 is 2.91 bits per heavy atom. The lowest BCUT2D eigenvalue weighted by Gasteiger charge is -2.40. The molecular formula is C9H13NS. The maximum Gasteiger partial charge on any atom is 0.00763 e. The standard InChI is InChI=1S/C9H13NS/c1-6-8(4-9(6)10)7-2-3-11-5-7/h2-3,5-6,8-9H,4,10H2,1H3. The van der Waals surface area contributed by atoms with Crippen LogP contribution in [0.15, 0.2) is 16.8 Å². The molecule has 60 valence electrons. The first-order valence-corrected chi connectivity index (χ1v) is 5.01. The van der Waals surface area contributed by atoms with Crippen molar-refractivity contribution in [1.82, 2.24) is 0 Å². The Labute approximate surface area is 71.2 Å². The van der Waals surface area contributed by atoms with E-state index in [-0.39, 0.29) is 0 Å². The quantitative estimate of drug-likeness (QED) is 0.681. The Morgan fingerprint density at radius 1 is 1.64 bits per heavy atom. The molecule has 1 aromatic rings. The number of hydrogen-bond acceptors (Lipinski definition) is 2. The van der Waals surface area contributed by atoms with Crippen LogP contribution in [0, 0.1) is 5.92 Å². The fourth-order valence-electron chi connectivity index (χ4n) is 1.75. The molecular weight excluding hydrogens is 154 g/mol. The third-order valence-electron chi connectivity index (χ3n) is 2.81. The molecule has 2 heteroatoms. The second-order valence-corrected chi connectivity index (χ2v) is 4.20. The van der Waals surface area contributed by atoms with Crippen molar-refractivity contribution < 1.29 is 0 Å². The highest BCUT2D eigenvalue weighted by atomic mass is 32.1. The van der Waals surface area contributed by atoms with E-state index in [0.717, 1.165) is 5.92 Å². The van der Waals surface area contributed by atoms with Gasteiger partial charge in [-0.3, -0.25) is 0 Å². The lowest BCUT2D eigenvalue weighted by molar-refractivity contribution is 0.227. The van der Waals surface area contributed by atoms with Crippen LogP contribution in [0.25, 0.3) is 0 Å². The molecule has 0 aromatic carbocycles. The van der Waals surface area contributed by atoms with Crippen LogP contribution in [0.3, 0.4) is 0 Å². The third-order valence-corrected chi connectivity index (χ3v) is 3.51. The minimum absolute atomic E-state index is 0.444. The van der Waals surface area contributed by atoms with Crippen molar-refractivity contribution in [2.24, 2.45) is 11.7 Å². The summed E-state index contributed by atoms with van der Waals surface area (Å²) in [4.78, 5) is 0. The summed E-state index contributed by atoms with van der Waals surface area (Å²) in [6.45, 7) is 2.25. The highest BCUT2D eigenvalue weighted by molar-refractivity contribution is 7.07. The highest BCUT2D eigenvalue weighted by Crippen LogP contribution is 2.41. The summed E-state index contributed by atoms with van der Waals surface area (Å²) >= 11 is 1.78. The Morgan fingerprint density at radius 2 is 2.45 bits per heavy atom. The molecule has 1 aliphatic rings. The second-order valence-electron chi connectivity index (χ2n) is 3.42. The van der Waals surface area contributed by atoms with Gasteiger partial charge in [-0.25, -0.2) is 0 Å². The normalized spacial score (nSPS) is 36.7. The first-order chi connectivity index (χ1) is 5.29. The van der Waals surface area contributed by atoms with Gasteiger partial charge in [0, 0.05) is 6.04 Å². The zero-order valence-electron chi connectivity index (χ0n) is 6.66. The van der Waals surface area contributed by atoms with Crippen molar-refractivity contribution in [2.75, 3.05) is 0 Å². The van der Waals surface area contributed by atoms with E-state index in [0.29, 0.717) is 12.0 Å². The van der Waals surface area contributed by atoms with Crippen LogP contribution >= 0.6 is 11.3 Å². The predicted octanol–water partition coefficient (Wildman–Crippen LogP) is 2.20. The molecule has 0 amide bonds. The van der Waals surface area contributed by atoms with E-state index in [1.54, 1.807) is 11.3 Å². The average Bonchev–Trinajstić information content (AvgIpc) is 2.51. The molecule has 2 N–H and O–H groups in total. The fourth-order valence-corrected chi connectivity index (χ4v) is 2.48. The van der Waals surface area contributed by atoms with Crippen LogP contribution in [-0.2, 0) is 0 Å². The Bertz CT molecular complexity index is 230. The molecule has 11 heavy (non-hydrogen) atoms. The van der Waals surface area contributed by atoms with Crippen molar-refractivity contribution >= 4 is 11.3 Å². The molecule has 1 fully saturated rings. The van der Waals surface area contributed by atoms with Gasteiger partial charge in [0.2, 0.25) is 0 Å². The van der Waals surface area contributed by atoms with Gasteiger partial charge in [0.1, 0.15) is 0 Å². The number of nitrogens with two attached hydrogens (primary N) is 1. The number of rotatable bonds is 1. The van der Waals surface area contributed by atoms with Crippen molar-refractivity contribution in [3.63, 3.8) is 0 Å². The van der Waals surface area contributed by atoms with Crippen molar-refractivity contribution in [3.05, 3.63) is 22.4 Å². The number of hydrogen-bond donors (Lipinski definition) is 1. The van der Waals surface area contributed by atoms with E-state index < -0.39 is 0 Å². The molecule has 1 saturated carbocycles. The first-order valence-electron chi connectivity index (χ1n) is 4.06. The van der Waals surface area contributed by atoms with Gasteiger partial charge < -0.3 is 5.73 Å². The predicted molar refractivity (Wildman–Crippen MR) is 48.8 cm³/mol. The zero-order valence-corrected chi connectivity index (χ0v) is 7.47. The van der Waals surface area contributed by atoms with Crippen LogP contribution in [-0.4, -0.2) is 6.04 Å². The molecule has 1 aliphatic carbocycles. The van der Waals surface area contributed by atoms with E-state index >= 15 is 0 Å². The fraction of sp³-hybridized carbons (Fsp3) is 0.556. The molecule has 1 nitrogen and oxygen atoms in total. The molecule has 1 aromatic heterocycles. The van der Waals surface area contributed by atoms with Crippen molar-refractivity contribution in [1.29, 1.82) is 0 Å². The molecule has 0 aliphatic heterocycles. The van der Waals surface area contributed by atoms with Gasteiger partial charge in [-0.05, 0) is 40.6 Å². The average molecular weight is 167 g/mol. The summed E-state index contributed by atoms with van der Waals surface area (Å²) in [6.07, 6.45) is 1.18. The third kappa shape index (κ3) is 1.10. The maximum atomic E-state index is 5.82. The van der Waals surface area contributed by atoms with Gasteiger partial charge in [-0.15, -0.1) is 0 Å². The Hall–Kier alpha value is -0.340. The molecule has 0 saturated heterocycles. The van der Waals surface area contributed by atoms with Crippen LogP contribution in [0.2, 0.25) is 0 Å². The smallest absolute Gasteiger partial charge is 0.00763 e. The van der Waals surface area contributed by atoms with Gasteiger partial charge in [-0.1, -0.05) is 6.92 Å². The van der Waals surface area contributed by atoms with E-state index in [4.69, 9.17) is 5.73 Å². The van der Waals surface area contributed by atoms with Gasteiger partial charge >= 0.3 is 0 Å². The highest BCUT2D eigenvalue weighted by Gasteiger charge is 2.35. The van der Waals surface area contributed by atoms with Crippen LogP contribution < -0.4 is 5.73 Å². The van der Waals surface area contributed by atoms with Crippen LogP contribution in [0.1, 0.15) is 24.8 Å². The van der Waals surface area contributed by atoms with E-state index in [1.807, 2.05) is 0 Å². The minimum Gasteiger partial charge on any atom is -0.327 e. The number of thiophene rings is 1. The van der Waals surface area contributed by atoms with E-state index in [1.165, 1.54) is 12.0 Å². The lowest BCUT2D eigenvalue weighted by atomic mass is 9.68. The largest absolute Gasteiger partial charge is 0.327 e. The molecule has 3 atom stereocenters. The molecule has 0 spiro atoms. The van der Waals surface area contributed by atoms with Crippen LogP contribution in [0.5, 0.6) is 0 Å². The summed E-state index contributed by atoms with van der Waals surface area (Å²) in [7, 11) is 0. The lowest BCUT2D eigenvalue weighted by Crippen LogP contribution is -2.43. The molecule has 0 bridgehead atoms. The topological polar surface area (TPSA) is 26.0 Å². The van der Waals surface area contributed by atoms with Gasteiger partial charge in [0.15, 0.2) is 0 Å². The summed E-state index contributed by atoms with van der Waals surface area (Å²) in [6, 6.07) is 2.66. The van der Waals surface area contributed by atoms with Crippen LogP contribution in [0.4, 0.5) is 0 Å². The summed E-state index contributed by atoms with van der Waals surface area (Å²) in [5.74, 6) is 1.43. The Balaban J connectivity index is 2.10. The first kappa shape index (κ1) is 7.32. The summed E-state index contributed by atoms with van der Waals surface area (Å²) < 4.78 is 0. The van der Waals surface area contributed by atoms with E-state index in [2.05, 4.69) is 23.8 Å². The summed E-state index contributed by atoms with van der Waals surface area (Å²) in [5.41, 5.74) is 7.31. The molecule has 0 radical (unpaired) electrons. The van der Waals surface area contributed by atoms with Gasteiger partial charge in [0.25, 0.3) is 0 Å². The molecule has 2 rings (SSSR count). The van der Waals surface area contributed by atoms with Gasteiger partial charge in [-0.2, -0.15) is 11.3 Å². The van der Waals surface area contributed by atoms with Gasteiger partial charge in [0.05, 0.1) is 0 Å². The molecule has 1 heterocycles. The monoisotopic (exact) mass is 167 g/mol.